The van der Waals surface area contributed by atoms with E-state index in [2.05, 4.69) is 15.0 Å². The van der Waals surface area contributed by atoms with Gasteiger partial charge in [-0.15, -0.1) is 0 Å². The molecule has 42 heavy (non-hydrogen) atoms. The first kappa shape index (κ1) is 29.9. The molecule has 2 heterocycles. The molecule has 2 atom stereocenters. The van der Waals surface area contributed by atoms with Crippen LogP contribution in [0.25, 0.3) is 0 Å². The summed E-state index contributed by atoms with van der Waals surface area (Å²) in [7, 11) is 0. The van der Waals surface area contributed by atoms with Gasteiger partial charge in [0.2, 0.25) is 5.91 Å². The molecule has 12 heteroatoms. The van der Waals surface area contributed by atoms with E-state index in [1.54, 1.807) is 24.3 Å². The van der Waals surface area contributed by atoms with Crippen LogP contribution in [0.1, 0.15) is 76.7 Å². The van der Waals surface area contributed by atoms with Gasteiger partial charge in [-0.25, -0.2) is 4.39 Å². The van der Waals surface area contributed by atoms with E-state index in [0.717, 1.165) is 56.5 Å². The van der Waals surface area contributed by atoms with Crippen molar-refractivity contribution in [1.29, 1.82) is 0 Å². The van der Waals surface area contributed by atoms with E-state index in [4.69, 9.17) is 22.1 Å². The number of nitrogens with two attached hydrogens (primary N) is 1. The first-order chi connectivity index (χ1) is 20.3. The second-order valence-electron chi connectivity index (χ2n) is 10.6. The fourth-order valence-electron chi connectivity index (χ4n) is 5.39. The molecule has 222 valence electrons. The van der Waals surface area contributed by atoms with Crippen LogP contribution in [0.15, 0.2) is 48.5 Å². The van der Waals surface area contributed by atoms with Crippen LogP contribution in [0.5, 0.6) is 0 Å². The number of rotatable bonds is 9. The summed E-state index contributed by atoms with van der Waals surface area (Å²) in [5.74, 6) is -2.04. The SMILES string of the molecule is Nc1c(C(=O)NC2CCCCC2)nsc1C(=O)N(c1ccc(Cl)cc1)[C@@H](C(=O)NC[C@H]1CCCO1)c1ccc(F)cc1. The van der Waals surface area contributed by atoms with E-state index in [-0.39, 0.29) is 34.9 Å². The van der Waals surface area contributed by atoms with Gasteiger partial charge in [-0.2, -0.15) is 4.37 Å². The number of benzene rings is 2. The van der Waals surface area contributed by atoms with Gasteiger partial charge >= 0.3 is 0 Å². The number of carbonyl (C=O) groups is 3. The van der Waals surface area contributed by atoms with Gasteiger partial charge in [0.05, 0.1) is 11.8 Å². The van der Waals surface area contributed by atoms with E-state index < -0.39 is 29.6 Å². The van der Waals surface area contributed by atoms with Crippen molar-refractivity contribution in [3.05, 3.63) is 75.5 Å². The number of anilines is 2. The molecular formula is C30H33ClFN5O4S. The first-order valence-electron chi connectivity index (χ1n) is 14.1. The third-order valence-electron chi connectivity index (χ3n) is 7.62. The highest BCUT2D eigenvalue weighted by molar-refractivity contribution is 7.09. The fourth-order valence-corrected chi connectivity index (χ4v) is 6.25. The van der Waals surface area contributed by atoms with Crippen LogP contribution in [0.2, 0.25) is 5.02 Å². The van der Waals surface area contributed by atoms with Gasteiger partial charge in [-0.3, -0.25) is 19.3 Å². The average Bonchev–Trinajstić information content (AvgIpc) is 3.66. The highest BCUT2D eigenvalue weighted by atomic mass is 35.5. The van der Waals surface area contributed by atoms with Gasteiger partial charge in [0.1, 0.15) is 16.7 Å². The maximum Gasteiger partial charge on any atom is 0.273 e. The number of ether oxygens (including phenoxy) is 1. The third kappa shape index (κ3) is 6.91. The van der Waals surface area contributed by atoms with Crippen LogP contribution in [0.3, 0.4) is 0 Å². The number of aromatic nitrogens is 1. The van der Waals surface area contributed by atoms with Gasteiger partial charge in [-0.05, 0) is 79.2 Å². The number of carbonyl (C=O) groups excluding carboxylic acids is 3. The summed E-state index contributed by atoms with van der Waals surface area (Å²) in [6, 6.07) is 10.6. The molecule has 0 unspecified atom stereocenters. The number of nitrogens with one attached hydrogen (secondary N) is 2. The highest BCUT2D eigenvalue weighted by Gasteiger charge is 2.37. The Morgan fingerprint density at radius 1 is 1.05 bits per heavy atom. The van der Waals surface area contributed by atoms with Crippen LogP contribution in [0.4, 0.5) is 15.8 Å². The smallest absolute Gasteiger partial charge is 0.273 e. The zero-order valence-electron chi connectivity index (χ0n) is 23.0. The molecule has 3 amide bonds. The van der Waals surface area contributed by atoms with Crippen molar-refractivity contribution in [2.75, 3.05) is 23.8 Å². The summed E-state index contributed by atoms with van der Waals surface area (Å²) in [6.07, 6.45) is 6.56. The molecule has 0 bridgehead atoms. The van der Waals surface area contributed by atoms with Crippen molar-refractivity contribution in [1.82, 2.24) is 15.0 Å². The number of nitrogens with zero attached hydrogens (tertiary/aromatic N) is 2. The molecule has 2 aromatic carbocycles. The zero-order valence-corrected chi connectivity index (χ0v) is 24.6. The molecule has 4 N–H and O–H groups in total. The van der Waals surface area contributed by atoms with Crippen molar-refractivity contribution in [2.24, 2.45) is 0 Å². The monoisotopic (exact) mass is 613 g/mol. The summed E-state index contributed by atoms with van der Waals surface area (Å²) in [6.45, 7) is 0.881. The second kappa shape index (κ2) is 13.6. The lowest BCUT2D eigenvalue weighted by atomic mass is 9.95. The summed E-state index contributed by atoms with van der Waals surface area (Å²) in [4.78, 5) is 42.5. The maximum absolute atomic E-state index is 14.3. The Kier molecular flexibility index (Phi) is 9.71. The first-order valence-corrected chi connectivity index (χ1v) is 15.3. The summed E-state index contributed by atoms with van der Waals surface area (Å²) in [5, 5.41) is 6.33. The Bertz CT molecular complexity index is 1410. The van der Waals surface area contributed by atoms with Crippen LogP contribution in [-0.4, -0.2) is 47.4 Å². The molecule has 1 aliphatic carbocycles. The molecular weight excluding hydrogens is 581 g/mol. The molecule has 2 aliphatic rings. The lowest BCUT2D eigenvalue weighted by molar-refractivity contribution is -0.123. The number of nitrogen functional groups attached to an aromatic ring is 1. The Morgan fingerprint density at radius 3 is 2.43 bits per heavy atom. The third-order valence-corrected chi connectivity index (χ3v) is 8.72. The topological polar surface area (TPSA) is 127 Å². The fraction of sp³-hybridized carbons (Fsp3) is 0.400. The molecule has 2 fully saturated rings. The molecule has 5 rings (SSSR count). The zero-order chi connectivity index (χ0) is 29.6. The standard InChI is InChI=1S/C30H33ClFN5O4S/c31-19-10-14-22(15-11-19)37(26(18-8-12-20(32)13-9-18)29(39)34-17-23-7-4-16-41-23)30(40)27-24(33)25(36-42-27)28(38)35-21-5-2-1-3-6-21/h8-15,21,23,26H,1-7,16-17,33H2,(H,34,39)(H,35,38)/t23-,26-/m1/s1. The Hall–Kier alpha value is -3.54. The van der Waals surface area contributed by atoms with E-state index in [1.807, 2.05) is 0 Å². The Balaban J connectivity index is 1.50. The van der Waals surface area contributed by atoms with Crippen LogP contribution in [0, 0.1) is 5.82 Å². The molecule has 9 nitrogen and oxygen atoms in total. The van der Waals surface area contributed by atoms with Gasteiger partial charge in [0.15, 0.2) is 5.69 Å². The quantitative estimate of drug-likeness (QED) is 0.302. The largest absolute Gasteiger partial charge is 0.395 e. The van der Waals surface area contributed by atoms with Crippen molar-refractivity contribution in [2.45, 2.75) is 63.1 Å². The van der Waals surface area contributed by atoms with Gasteiger partial charge < -0.3 is 21.1 Å². The normalized spacial score (nSPS) is 17.9. The summed E-state index contributed by atoms with van der Waals surface area (Å²) < 4.78 is 23.8. The number of halogens is 2. The van der Waals surface area contributed by atoms with Crippen molar-refractivity contribution < 1.29 is 23.5 Å². The Morgan fingerprint density at radius 2 is 1.76 bits per heavy atom. The van der Waals surface area contributed by atoms with Crippen LogP contribution >= 0.6 is 23.1 Å². The molecule has 0 spiro atoms. The molecule has 1 saturated carbocycles. The van der Waals surface area contributed by atoms with E-state index in [9.17, 15) is 18.8 Å². The minimum Gasteiger partial charge on any atom is -0.395 e. The maximum atomic E-state index is 14.3. The lowest BCUT2D eigenvalue weighted by Gasteiger charge is -2.31. The van der Waals surface area contributed by atoms with Crippen molar-refractivity contribution in [3.63, 3.8) is 0 Å². The molecule has 1 saturated heterocycles. The molecule has 1 aliphatic heterocycles. The molecule has 3 aromatic rings. The van der Waals surface area contributed by atoms with E-state index in [1.165, 1.54) is 29.2 Å². The second-order valence-corrected chi connectivity index (χ2v) is 11.8. The van der Waals surface area contributed by atoms with Crippen LogP contribution in [-0.2, 0) is 9.53 Å². The number of amides is 3. The van der Waals surface area contributed by atoms with E-state index >= 15 is 0 Å². The van der Waals surface area contributed by atoms with Crippen LogP contribution < -0.4 is 21.3 Å². The average molecular weight is 614 g/mol. The molecule has 1 aromatic heterocycles. The summed E-state index contributed by atoms with van der Waals surface area (Å²) >= 11 is 6.94. The van der Waals surface area contributed by atoms with Gasteiger partial charge in [0.25, 0.3) is 11.8 Å². The van der Waals surface area contributed by atoms with Gasteiger partial charge in [-0.1, -0.05) is 43.0 Å². The van der Waals surface area contributed by atoms with Gasteiger partial charge in [0, 0.05) is 29.9 Å². The van der Waals surface area contributed by atoms with E-state index in [0.29, 0.717) is 22.9 Å². The predicted octanol–water partition coefficient (Wildman–Crippen LogP) is 5.26. The van der Waals surface area contributed by atoms with Crippen molar-refractivity contribution in [3.8, 4) is 0 Å². The Labute approximate surface area is 252 Å². The lowest BCUT2D eigenvalue weighted by Crippen LogP contribution is -2.45. The minimum atomic E-state index is -1.21. The number of hydrogen-bond donors (Lipinski definition) is 3. The minimum absolute atomic E-state index is 0.0118. The summed E-state index contributed by atoms with van der Waals surface area (Å²) in [5.41, 5.74) is 7.03. The highest BCUT2D eigenvalue weighted by Crippen LogP contribution is 2.34. The number of hydrogen-bond acceptors (Lipinski definition) is 7. The van der Waals surface area contributed by atoms with Crippen molar-refractivity contribution >= 4 is 52.2 Å². The molecule has 0 radical (unpaired) electrons. The predicted molar refractivity (Wildman–Crippen MR) is 160 cm³/mol.